The molecule has 0 atom stereocenters. The Morgan fingerprint density at radius 1 is 1.50 bits per heavy atom. The largest absolute Gasteiger partial charge is 0.465 e. The van der Waals surface area contributed by atoms with Crippen LogP contribution in [0.4, 0.5) is 0 Å². The maximum absolute atomic E-state index is 12.3. The first-order chi connectivity index (χ1) is 8.73. The molecule has 1 N–H and O–H groups in total. The van der Waals surface area contributed by atoms with Gasteiger partial charge in [-0.1, -0.05) is 0 Å². The SMILES string of the molecule is CCOC(=O)C1(c2ccc(CO)s2)CCOCC1. The second-order valence-electron chi connectivity index (χ2n) is 4.34. The van der Waals surface area contributed by atoms with Crippen LogP contribution in [0.15, 0.2) is 12.1 Å². The molecule has 4 nitrogen and oxygen atoms in total. The van der Waals surface area contributed by atoms with Crippen LogP contribution in [0.2, 0.25) is 0 Å². The van der Waals surface area contributed by atoms with E-state index in [1.54, 1.807) is 0 Å². The molecule has 0 spiro atoms. The van der Waals surface area contributed by atoms with E-state index >= 15 is 0 Å². The molecule has 1 aromatic heterocycles. The summed E-state index contributed by atoms with van der Waals surface area (Å²) in [7, 11) is 0. The highest BCUT2D eigenvalue weighted by atomic mass is 32.1. The fourth-order valence-electron chi connectivity index (χ4n) is 2.26. The van der Waals surface area contributed by atoms with Crippen molar-refractivity contribution in [3.05, 3.63) is 21.9 Å². The maximum atomic E-state index is 12.3. The fourth-order valence-corrected chi connectivity index (χ4v) is 3.36. The highest BCUT2D eigenvalue weighted by Gasteiger charge is 2.44. The zero-order chi connectivity index (χ0) is 13.0. The third kappa shape index (κ3) is 2.43. The van der Waals surface area contributed by atoms with Crippen molar-refractivity contribution in [3.8, 4) is 0 Å². The zero-order valence-corrected chi connectivity index (χ0v) is 11.3. The van der Waals surface area contributed by atoms with Gasteiger partial charge in [0.1, 0.15) is 5.41 Å². The number of aliphatic hydroxyl groups is 1. The van der Waals surface area contributed by atoms with Crippen LogP contribution in [-0.4, -0.2) is 30.9 Å². The average Bonchev–Trinajstić information content (AvgIpc) is 2.89. The number of aliphatic hydroxyl groups excluding tert-OH is 1. The smallest absolute Gasteiger partial charge is 0.317 e. The fraction of sp³-hybridized carbons (Fsp3) is 0.615. The van der Waals surface area contributed by atoms with Crippen molar-refractivity contribution in [2.45, 2.75) is 31.8 Å². The minimum absolute atomic E-state index is 0.0140. The van der Waals surface area contributed by atoms with E-state index in [1.807, 2.05) is 19.1 Å². The molecule has 0 bridgehead atoms. The van der Waals surface area contributed by atoms with Crippen molar-refractivity contribution in [2.24, 2.45) is 0 Å². The Bertz CT molecular complexity index is 407. The maximum Gasteiger partial charge on any atom is 0.317 e. The van der Waals surface area contributed by atoms with Gasteiger partial charge >= 0.3 is 5.97 Å². The predicted molar refractivity (Wildman–Crippen MR) is 68.6 cm³/mol. The minimum Gasteiger partial charge on any atom is -0.465 e. The van der Waals surface area contributed by atoms with Gasteiger partial charge in [0.05, 0.1) is 13.2 Å². The number of ether oxygens (including phenoxy) is 2. The molecule has 0 unspecified atom stereocenters. The lowest BCUT2D eigenvalue weighted by Gasteiger charge is -2.33. The monoisotopic (exact) mass is 270 g/mol. The lowest BCUT2D eigenvalue weighted by atomic mass is 9.79. The van der Waals surface area contributed by atoms with Gasteiger partial charge in [0, 0.05) is 23.0 Å². The molecule has 5 heteroatoms. The van der Waals surface area contributed by atoms with Crippen LogP contribution in [0.1, 0.15) is 29.5 Å². The zero-order valence-electron chi connectivity index (χ0n) is 10.5. The quantitative estimate of drug-likeness (QED) is 0.848. The van der Waals surface area contributed by atoms with Gasteiger partial charge in [-0.3, -0.25) is 4.79 Å². The molecule has 100 valence electrons. The molecule has 1 fully saturated rings. The lowest BCUT2D eigenvalue weighted by molar-refractivity contribution is -0.154. The standard InChI is InChI=1S/C13H18O4S/c1-2-17-12(15)13(5-7-16-8-6-13)11-4-3-10(9-14)18-11/h3-4,14H,2,5-9H2,1H3. The Morgan fingerprint density at radius 2 is 2.22 bits per heavy atom. The number of rotatable bonds is 4. The molecule has 0 radical (unpaired) electrons. The van der Waals surface area contributed by atoms with Gasteiger partial charge in [-0.05, 0) is 31.9 Å². The first kappa shape index (κ1) is 13.5. The molecule has 18 heavy (non-hydrogen) atoms. The Kier molecular flexibility index (Phi) is 4.37. The second-order valence-corrected chi connectivity index (χ2v) is 5.51. The molecule has 1 aromatic rings. The van der Waals surface area contributed by atoms with E-state index in [4.69, 9.17) is 14.6 Å². The molecule has 2 heterocycles. The van der Waals surface area contributed by atoms with Gasteiger partial charge < -0.3 is 14.6 Å². The first-order valence-electron chi connectivity index (χ1n) is 6.18. The Balaban J connectivity index is 2.31. The summed E-state index contributed by atoms with van der Waals surface area (Å²) in [5.41, 5.74) is -0.577. The highest BCUT2D eigenvalue weighted by molar-refractivity contribution is 7.12. The van der Waals surface area contributed by atoms with Crippen LogP contribution >= 0.6 is 11.3 Å². The Labute approximate surface area is 111 Å². The summed E-state index contributed by atoms with van der Waals surface area (Å²) >= 11 is 1.49. The van der Waals surface area contributed by atoms with Crippen LogP contribution in [-0.2, 0) is 26.3 Å². The lowest BCUT2D eigenvalue weighted by Crippen LogP contribution is -2.42. The van der Waals surface area contributed by atoms with Crippen LogP contribution in [0.25, 0.3) is 0 Å². The van der Waals surface area contributed by atoms with E-state index in [1.165, 1.54) is 11.3 Å². The third-order valence-electron chi connectivity index (χ3n) is 3.30. The molecule has 0 aromatic carbocycles. The average molecular weight is 270 g/mol. The first-order valence-corrected chi connectivity index (χ1v) is 6.99. The van der Waals surface area contributed by atoms with Crippen LogP contribution in [0.3, 0.4) is 0 Å². The Hall–Kier alpha value is -0.910. The summed E-state index contributed by atoms with van der Waals surface area (Å²) in [5.74, 6) is -0.167. The van der Waals surface area contributed by atoms with E-state index in [2.05, 4.69) is 0 Å². The van der Waals surface area contributed by atoms with E-state index in [-0.39, 0.29) is 12.6 Å². The molecule has 1 aliphatic heterocycles. The van der Waals surface area contributed by atoms with E-state index in [9.17, 15) is 4.79 Å². The van der Waals surface area contributed by atoms with E-state index in [0.717, 1.165) is 9.75 Å². The summed E-state index contributed by atoms with van der Waals surface area (Å²) < 4.78 is 10.6. The van der Waals surface area contributed by atoms with Crippen LogP contribution in [0.5, 0.6) is 0 Å². The third-order valence-corrected chi connectivity index (χ3v) is 4.58. The molecule has 0 saturated carbocycles. The summed E-state index contributed by atoms with van der Waals surface area (Å²) in [6.45, 7) is 3.37. The number of carbonyl (C=O) groups excluding carboxylic acids is 1. The van der Waals surface area contributed by atoms with E-state index < -0.39 is 5.41 Å². The van der Waals surface area contributed by atoms with Crippen molar-refractivity contribution in [2.75, 3.05) is 19.8 Å². The number of hydrogen-bond acceptors (Lipinski definition) is 5. The van der Waals surface area contributed by atoms with Crippen LogP contribution < -0.4 is 0 Å². The number of hydrogen-bond donors (Lipinski definition) is 1. The van der Waals surface area contributed by atoms with Gasteiger partial charge in [-0.15, -0.1) is 11.3 Å². The summed E-state index contributed by atoms with van der Waals surface area (Å²) in [4.78, 5) is 14.1. The van der Waals surface area contributed by atoms with Crippen LogP contribution in [0, 0.1) is 0 Å². The molecule has 1 saturated heterocycles. The van der Waals surface area contributed by atoms with Gasteiger partial charge in [-0.2, -0.15) is 0 Å². The highest BCUT2D eigenvalue weighted by Crippen LogP contribution is 2.39. The van der Waals surface area contributed by atoms with Crippen molar-refractivity contribution in [1.29, 1.82) is 0 Å². The predicted octanol–water partition coefficient (Wildman–Crippen LogP) is 1.85. The Morgan fingerprint density at radius 3 is 2.78 bits per heavy atom. The second kappa shape index (κ2) is 5.82. The molecular weight excluding hydrogens is 252 g/mol. The molecule has 0 amide bonds. The number of carbonyl (C=O) groups is 1. The van der Waals surface area contributed by atoms with Gasteiger partial charge in [-0.25, -0.2) is 0 Å². The topological polar surface area (TPSA) is 55.8 Å². The van der Waals surface area contributed by atoms with Crippen molar-refractivity contribution >= 4 is 17.3 Å². The molecule has 2 rings (SSSR count). The van der Waals surface area contributed by atoms with Gasteiger partial charge in [0.15, 0.2) is 0 Å². The van der Waals surface area contributed by atoms with Crippen molar-refractivity contribution in [3.63, 3.8) is 0 Å². The van der Waals surface area contributed by atoms with Crippen molar-refractivity contribution < 1.29 is 19.4 Å². The minimum atomic E-state index is -0.577. The normalized spacial score (nSPS) is 18.6. The van der Waals surface area contributed by atoms with Gasteiger partial charge in [0.25, 0.3) is 0 Å². The summed E-state index contributed by atoms with van der Waals surface area (Å²) in [5, 5.41) is 9.14. The van der Waals surface area contributed by atoms with Crippen molar-refractivity contribution in [1.82, 2.24) is 0 Å². The molecule has 1 aliphatic rings. The molecular formula is C13H18O4S. The summed E-state index contributed by atoms with van der Waals surface area (Å²) in [6, 6.07) is 3.80. The number of thiophene rings is 1. The molecule has 0 aliphatic carbocycles. The number of esters is 1. The van der Waals surface area contributed by atoms with E-state index in [0.29, 0.717) is 32.7 Å². The summed E-state index contributed by atoms with van der Waals surface area (Å²) in [6.07, 6.45) is 1.30. The van der Waals surface area contributed by atoms with Gasteiger partial charge in [0.2, 0.25) is 0 Å².